The maximum Gasteiger partial charge on any atom is 0.261 e. The molecule has 1 aliphatic rings. The van der Waals surface area contributed by atoms with Gasteiger partial charge in [0.1, 0.15) is 0 Å². The summed E-state index contributed by atoms with van der Waals surface area (Å²) < 4.78 is 1.49. The molecule has 2 atom stereocenters. The summed E-state index contributed by atoms with van der Waals surface area (Å²) in [4.78, 5) is 43.9. The molecule has 1 aliphatic heterocycles. The minimum atomic E-state index is -0.155. The number of fused-ring (bicyclic) bond motifs is 1. The average Bonchev–Trinajstić information content (AvgIpc) is 2.73. The van der Waals surface area contributed by atoms with Gasteiger partial charge in [0, 0.05) is 32.1 Å². The van der Waals surface area contributed by atoms with Crippen LogP contribution in [0.4, 0.5) is 0 Å². The molecule has 1 aromatic heterocycles. The second kappa shape index (κ2) is 9.67. The van der Waals surface area contributed by atoms with E-state index in [1.54, 1.807) is 17.0 Å². The molecule has 7 heteroatoms. The van der Waals surface area contributed by atoms with Crippen molar-refractivity contribution in [2.75, 3.05) is 13.1 Å². The van der Waals surface area contributed by atoms with Crippen LogP contribution in [0.15, 0.2) is 35.4 Å². The summed E-state index contributed by atoms with van der Waals surface area (Å²) in [6, 6.07) is 7.30. The lowest BCUT2D eigenvalue weighted by molar-refractivity contribution is -0.138. The van der Waals surface area contributed by atoms with Gasteiger partial charge in [0.15, 0.2) is 0 Å². The Morgan fingerprint density at radius 3 is 2.83 bits per heavy atom. The molecule has 0 radical (unpaired) electrons. The van der Waals surface area contributed by atoms with Crippen LogP contribution in [-0.2, 0) is 16.1 Å². The number of amides is 2. The van der Waals surface area contributed by atoms with Crippen molar-refractivity contribution in [3.8, 4) is 0 Å². The van der Waals surface area contributed by atoms with Crippen LogP contribution < -0.4 is 10.9 Å². The highest BCUT2D eigenvalue weighted by Gasteiger charge is 2.32. The molecule has 1 N–H and O–H groups in total. The van der Waals surface area contributed by atoms with E-state index in [1.807, 2.05) is 19.1 Å². The lowest BCUT2D eigenvalue weighted by atomic mass is 9.92. The van der Waals surface area contributed by atoms with E-state index in [2.05, 4.69) is 17.2 Å². The average molecular weight is 399 g/mol. The number of unbranched alkanes of at least 4 members (excludes halogenated alkanes) is 1. The number of likely N-dealkylation sites (tertiary alicyclic amines) is 1. The summed E-state index contributed by atoms with van der Waals surface area (Å²) in [5.74, 6) is -0.140. The Bertz CT molecular complexity index is 924. The molecule has 2 heterocycles. The topological polar surface area (TPSA) is 84.3 Å². The standard InChI is InChI=1S/C22H30N4O3/c1-3-4-12-23-21(28)17-10-9-16(2)26(14-17)20(27)11-13-25-15-24-19-8-6-5-7-18(19)22(25)29/h5-8,15-17H,3-4,9-14H2,1-2H3,(H,23,28). The first-order valence-electron chi connectivity index (χ1n) is 10.5. The fraction of sp³-hybridized carbons (Fsp3) is 0.545. The van der Waals surface area contributed by atoms with Crippen LogP contribution >= 0.6 is 0 Å². The zero-order valence-corrected chi connectivity index (χ0v) is 17.3. The largest absolute Gasteiger partial charge is 0.356 e. The summed E-state index contributed by atoms with van der Waals surface area (Å²) >= 11 is 0. The van der Waals surface area contributed by atoms with Crippen LogP contribution in [-0.4, -0.2) is 45.4 Å². The highest BCUT2D eigenvalue weighted by atomic mass is 16.2. The summed E-state index contributed by atoms with van der Waals surface area (Å²) in [6.07, 6.45) is 5.34. The molecule has 156 valence electrons. The van der Waals surface area contributed by atoms with Gasteiger partial charge >= 0.3 is 0 Å². The number of aromatic nitrogens is 2. The van der Waals surface area contributed by atoms with E-state index >= 15 is 0 Å². The number of rotatable bonds is 7. The minimum Gasteiger partial charge on any atom is -0.356 e. The third-order valence-corrected chi connectivity index (χ3v) is 5.70. The van der Waals surface area contributed by atoms with Gasteiger partial charge < -0.3 is 10.2 Å². The van der Waals surface area contributed by atoms with Crippen molar-refractivity contribution in [3.05, 3.63) is 40.9 Å². The summed E-state index contributed by atoms with van der Waals surface area (Å²) in [5.41, 5.74) is 0.518. The fourth-order valence-corrected chi connectivity index (χ4v) is 3.83. The number of carbonyl (C=O) groups is 2. The minimum absolute atomic E-state index is 0.0244. The zero-order chi connectivity index (χ0) is 20.8. The molecule has 1 fully saturated rings. The fourth-order valence-electron chi connectivity index (χ4n) is 3.83. The van der Waals surface area contributed by atoms with Gasteiger partial charge in [0.2, 0.25) is 11.8 Å². The molecule has 2 aromatic rings. The van der Waals surface area contributed by atoms with Gasteiger partial charge in [-0.05, 0) is 38.3 Å². The molecule has 3 rings (SSSR count). The first-order chi connectivity index (χ1) is 14.0. The smallest absolute Gasteiger partial charge is 0.261 e. The molecule has 2 unspecified atom stereocenters. The van der Waals surface area contributed by atoms with E-state index < -0.39 is 0 Å². The van der Waals surface area contributed by atoms with Gasteiger partial charge in [-0.1, -0.05) is 25.5 Å². The van der Waals surface area contributed by atoms with Crippen molar-refractivity contribution in [1.82, 2.24) is 19.8 Å². The number of hydrogen-bond donors (Lipinski definition) is 1. The lowest BCUT2D eigenvalue weighted by Gasteiger charge is -2.37. The molecule has 29 heavy (non-hydrogen) atoms. The second-order valence-corrected chi connectivity index (χ2v) is 7.82. The third kappa shape index (κ3) is 5.02. The maximum atomic E-state index is 12.8. The van der Waals surface area contributed by atoms with Gasteiger partial charge in [-0.2, -0.15) is 0 Å². The molecule has 0 saturated carbocycles. The highest BCUT2D eigenvalue weighted by molar-refractivity contribution is 5.81. The van der Waals surface area contributed by atoms with Crippen LogP contribution in [0.2, 0.25) is 0 Å². The van der Waals surface area contributed by atoms with Gasteiger partial charge in [-0.15, -0.1) is 0 Å². The molecule has 1 saturated heterocycles. The van der Waals surface area contributed by atoms with Crippen molar-refractivity contribution in [2.45, 2.75) is 58.5 Å². The van der Waals surface area contributed by atoms with Gasteiger partial charge in [-0.3, -0.25) is 19.0 Å². The van der Waals surface area contributed by atoms with E-state index in [1.165, 1.54) is 10.9 Å². The Morgan fingerprint density at radius 2 is 2.03 bits per heavy atom. The first-order valence-corrected chi connectivity index (χ1v) is 10.5. The van der Waals surface area contributed by atoms with E-state index in [0.29, 0.717) is 24.0 Å². The van der Waals surface area contributed by atoms with E-state index in [9.17, 15) is 14.4 Å². The van der Waals surface area contributed by atoms with Crippen molar-refractivity contribution in [1.29, 1.82) is 0 Å². The molecular weight excluding hydrogens is 368 g/mol. The first kappa shape index (κ1) is 21.0. The molecular formula is C22H30N4O3. The van der Waals surface area contributed by atoms with Crippen molar-refractivity contribution in [2.24, 2.45) is 5.92 Å². The number of nitrogens with zero attached hydrogens (tertiary/aromatic N) is 3. The predicted octanol–water partition coefficient (Wildman–Crippen LogP) is 2.33. The molecule has 1 aromatic carbocycles. The number of piperidine rings is 1. The summed E-state index contributed by atoms with van der Waals surface area (Å²) in [6.45, 7) is 5.53. The molecule has 7 nitrogen and oxygen atoms in total. The Morgan fingerprint density at radius 1 is 1.24 bits per heavy atom. The van der Waals surface area contributed by atoms with Gasteiger partial charge in [-0.25, -0.2) is 4.98 Å². The van der Waals surface area contributed by atoms with Crippen LogP contribution in [0, 0.1) is 5.92 Å². The Labute approximate surface area is 171 Å². The van der Waals surface area contributed by atoms with Crippen molar-refractivity contribution >= 4 is 22.7 Å². The number of nitrogens with one attached hydrogen (secondary N) is 1. The number of para-hydroxylation sites is 1. The van der Waals surface area contributed by atoms with Gasteiger partial charge in [0.25, 0.3) is 5.56 Å². The highest BCUT2D eigenvalue weighted by Crippen LogP contribution is 2.23. The van der Waals surface area contributed by atoms with Crippen molar-refractivity contribution in [3.63, 3.8) is 0 Å². The molecule has 0 bridgehead atoms. The van der Waals surface area contributed by atoms with Crippen LogP contribution in [0.5, 0.6) is 0 Å². The normalized spacial score (nSPS) is 19.3. The SMILES string of the molecule is CCCCNC(=O)C1CCC(C)N(C(=O)CCn2cnc3ccccc3c2=O)C1. The number of aryl methyl sites for hydroxylation is 1. The third-order valence-electron chi connectivity index (χ3n) is 5.70. The van der Waals surface area contributed by atoms with Gasteiger partial charge in [0.05, 0.1) is 23.1 Å². The quantitative estimate of drug-likeness (QED) is 0.726. The Hall–Kier alpha value is -2.70. The summed E-state index contributed by atoms with van der Waals surface area (Å²) in [7, 11) is 0. The van der Waals surface area contributed by atoms with E-state index in [4.69, 9.17) is 0 Å². The second-order valence-electron chi connectivity index (χ2n) is 7.82. The number of hydrogen-bond acceptors (Lipinski definition) is 4. The summed E-state index contributed by atoms with van der Waals surface area (Å²) in [5, 5.41) is 3.53. The van der Waals surface area contributed by atoms with Crippen LogP contribution in [0.25, 0.3) is 10.9 Å². The van der Waals surface area contributed by atoms with E-state index in [-0.39, 0.29) is 42.3 Å². The Balaban J connectivity index is 1.61. The van der Waals surface area contributed by atoms with Crippen molar-refractivity contribution < 1.29 is 9.59 Å². The maximum absolute atomic E-state index is 12.8. The van der Waals surface area contributed by atoms with Crippen LogP contribution in [0.1, 0.15) is 46.0 Å². The predicted molar refractivity (Wildman–Crippen MR) is 112 cm³/mol. The molecule has 0 aliphatic carbocycles. The lowest BCUT2D eigenvalue weighted by Crippen LogP contribution is -2.49. The van der Waals surface area contributed by atoms with E-state index in [0.717, 1.165) is 25.7 Å². The Kier molecular flexibility index (Phi) is 7.01. The zero-order valence-electron chi connectivity index (χ0n) is 17.3. The van der Waals surface area contributed by atoms with Crippen LogP contribution in [0.3, 0.4) is 0 Å². The molecule has 0 spiro atoms. The monoisotopic (exact) mass is 398 g/mol. The number of carbonyl (C=O) groups excluding carboxylic acids is 2. The molecule has 2 amide bonds. The number of benzene rings is 1.